The Morgan fingerprint density at radius 3 is 3.17 bits per heavy atom. The normalized spacial score (nSPS) is 32.6. The highest BCUT2D eigenvalue weighted by atomic mass is 35.5. The summed E-state index contributed by atoms with van der Waals surface area (Å²) in [6.45, 7) is 4.28. The van der Waals surface area contributed by atoms with Crippen molar-refractivity contribution in [3.05, 3.63) is 21.2 Å². The number of halogens is 1. The van der Waals surface area contributed by atoms with Gasteiger partial charge in [0, 0.05) is 25.1 Å². The summed E-state index contributed by atoms with van der Waals surface area (Å²) in [7, 11) is 0. The zero-order valence-electron chi connectivity index (χ0n) is 10.1. The fourth-order valence-electron chi connectivity index (χ4n) is 3.62. The molecule has 1 aromatic rings. The van der Waals surface area contributed by atoms with Gasteiger partial charge in [-0.2, -0.15) is 4.98 Å². The molecule has 18 heavy (non-hydrogen) atoms. The van der Waals surface area contributed by atoms with Gasteiger partial charge in [-0.25, -0.2) is 4.79 Å². The minimum Gasteiger partial charge on any atom is -0.374 e. The third kappa shape index (κ3) is 1.16. The summed E-state index contributed by atoms with van der Waals surface area (Å²) in [4.78, 5) is 18.1. The van der Waals surface area contributed by atoms with Crippen molar-refractivity contribution in [3.63, 3.8) is 0 Å². The van der Waals surface area contributed by atoms with Gasteiger partial charge >= 0.3 is 5.69 Å². The van der Waals surface area contributed by atoms with Gasteiger partial charge in [0.25, 0.3) is 0 Å². The molecule has 2 saturated heterocycles. The van der Waals surface area contributed by atoms with Gasteiger partial charge in [0.1, 0.15) is 11.0 Å². The van der Waals surface area contributed by atoms with Crippen molar-refractivity contribution in [3.8, 4) is 0 Å². The second kappa shape index (κ2) is 3.27. The van der Waals surface area contributed by atoms with Gasteiger partial charge in [-0.15, -0.1) is 0 Å². The van der Waals surface area contributed by atoms with Crippen LogP contribution in [0.15, 0.2) is 4.79 Å². The minimum absolute atomic E-state index is 0.0898. The average Bonchev–Trinajstić information content (AvgIpc) is 2.91. The van der Waals surface area contributed by atoms with E-state index in [-0.39, 0.29) is 11.2 Å². The van der Waals surface area contributed by atoms with Crippen LogP contribution in [-0.2, 0) is 11.3 Å². The number of rotatable bonds is 0. The summed E-state index contributed by atoms with van der Waals surface area (Å²) in [6, 6.07) is 0. The van der Waals surface area contributed by atoms with E-state index < -0.39 is 0 Å². The highest BCUT2D eigenvalue weighted by Gasteiger charge is 2.54. The first kappa shape index (κ1) is 10.8. The number of ether oxygens (including phenoxy) is 1. The Balaban J connectivity index is 1.96. The van der Waals surface area contributed by atoms with E-state index in [2.05, 4.69) is 9.88 Å². The van der Waals surface area contributed by atoms with E-state index in [1.54, 1.807) is 4.57 Å². The number of nitrogens with zero attached hydrogens (tertiary/aromatic N) is 3. The molecule has 1 aromatic heterocycles. The van der Waals surface area contributed by atoms with Crippen LogP contribution in [0.1, 0.15) is 18.4 Å². The van der Waals surface area contributed by atoms with Crippen LogP contribution in [0.4, 0.5) is 5.82 Å². The standard InChI is InChI=1S/C12H14ClN3O2/c1-7-9(13)14-11(17)15-3-2-12-4-8(18-6-12)5-16(12)10(7)15/h8H,2-6H2,1H3/t8-,12-/m0/s1. The molecule has 0 saturated carbocycles. The lowest BCUT2D eigenvalue weighted by molar-refractivity contribution is 0.0776. The maximum atomic E-state index is 11.9. The van der Waals surface area contributed by atoms with Gasteiger partial charge < -0.3 is 9.64 Å². The van der Waals surface area contributed by atoms with Crippen molar-refractivity contribution in [1.29, 1.82) is 0 Å². The third-order valence-corrected chi connectivity index (χ3v) is 4.90. The first-order chi connectivity index (χ1) is 8.61. The first-order valence-corrected chi connectivity index (χ1v) is 6.65. The van der Waals surface area contributed by atoms with Gasteiger partial charge in [0.05, 0.1) is 18.2 Å². The molecule has 3 aliphatic rings. The maximum absolute atomic E-state index is 11.9. The quantitative estimate of drug-likeness (QED) is 0.657. The molecule has 0 N–H and O–H groups in total. The number of aromatic nitrogens is 2. The molecule has 6 heteroatoms. The third-order valence-electron chi connectivity index (χ3n) is 4.54. The van der Waals surface area contributed by atoms with E-state index in [0.717, 1.165) is 37.4 Å². The van der Waals surface area contributed by atoms with E-state index >= 15 is 0 Å². The van der Waals surface area contributed by atoms with Crippen LogP contribution >= 0.6 is 11.6 Å². The second-order valence-electron chi connectivity index (χ2n) is 5.51. The lowest BCUT2D eigenvalue weighted by Crippen LogP contribution is -2.55. The fourth-order valence-corrected chi connectivity index (χ4v) is 3.78. The van der Waals surface area contributed by atoms with Crippen molar-refractivity contribution in [1.82, 2.24) is 9.55 Å². The van der Waals surface area contributed by atoms with E-state index in [0.29, 0.717) is 17.8 Å². The predicted molar refractivity (Wildman–Crippen MR) is 67.3 cm³/mol. The molecular formula is C12H14ClN3O2. The Morgan fingerprint density at radius 1 is 1.56 bits per heavy atom. The summed E-state index contributed by atoms with van der Waals surface area (Å²) in [5, 5.41) is 0.326. The molecule has 4 rings (SSSR count). The summed E-state index contributed by atoms with van der Waals surface area (Å²) in [6.07, 6.45) is 2.33. The molecule has 3 aliphatic heterocycles. The largest absolute Gasteiger partial charge is 0.374 e. The highest BCUT2D eigenvalue weighted by molar-refractivity contribution is 6.30. The fraction of sp³-hybridized carbons (Fsp3) is 0.667. The molecule has 2 bridgehead atoms. The van der Waals surface area contributed by atoms with Crippen molar-refractivity contribution in [2.75, 3.05) is 18.1 Å². The van der Waals surface area contributed by atoms with Crippen molar-refractivity contribution >= 4 is 17.4 Å². The molecule has 2 atom stereocenters. The summed E-state index contributed by atoms with van der Waals surface area (Å²) in [5.74, 6) is 0.956. The van der Waals surface area contributed by atoms with Crippen molar-refractivity contribution in [2.24, 2.45) is 0 Å². The van der Waals surface area contributed by atoms with Crippen molar-refractivity contribution in [2.45, 2.75) is 38.0 Å². The Kier molecular flexibility index (Phi) is 1.97. The van der Waals surface area contributed by atoms with E-state index in [1.165, 1.54) is 0 Å². The molecule has 5 nitrogen and oxygen atoms in total. The molecule has 0 radical (unpaired) electrons. The van der Waals surface area contributed by atoms with Gasteiger partial charge in [-0.3, -0.25) is 4.57 Å². The summed E-state index contributed by atoms with van der Waals surface area (Å²) in [5.41, 5.74) is 0.758. The van der Waals surface area contributed by atoms with Crippen LogP contribution < -0.4 is 10.6 Å². The van der Waals surface area contributed by atoms with E-state index in [9.17, 15) is 4.79 Å². The van der Waals surface area contributed by atoms with Gasteiger partial charge in [-0.05, 0) is 13.3 Å². The molecule has 0 aromatic carbocycles. The zero-order chi connectivity index (χ0) is 12.5. The van der Waals surface area contributed by atoms with E-state index in [4.69, 9.17) is 16.3 Å². The smallest absolute Gasteiger partial charge is 0.350 e. The van der Waals surface area contributed by atoms with Crippen LogP contribution in [0.3, 0.4) is 0 Å². The van der Waals surface area contributed by atoms with Crippen LogP contribution in [0.25, 0.3) is 0 Å². The lowest BCUT2D eigenvalue weighted by atomic mass is 9.92. The van der Waals surface area contributed by atoms with E-state index in [1.807, 2.05) is 6.92 Å². The molecule has 1 spiro atoms. The van der Waals surface area contributed by atoms with Gasteiger partial charge in [-0.1, -0.05) is 11.6 Å². The molecule has 0 amide bonds. The number of hydrogen-bond acceptors (Lipinski definition) is 4. The monoisotopic (exact) mass is 267 g/mol. The van der Waals surface area contributed by atoms with Crippen LogP contribution in [-0.4, -0.2) is 34.3 Å². The molecule has 4 heterocycles. The Morgan fingerprint density at radius 2 is 2.39 bits per heavy atom. The van der Waals surface area contributed by atoms with Crippen LogP contribution in [0.5, 0.6) is 0 Å². The van der Waals surface area contributed by atoms with Gasteiger partial charge in [0.2, 0.25) is 0 Å². The van der Waals surface area contributed by atoms with Gasteiger partial charge in [0.15, 0.2) is 0 Å². The highest BCUT2D eigenvalue weighted by Crippen LogP contribution is 2.47. The summed E-state index contributed by atoms with van der Waals surface area (Å²) >= 11 is 6.06. The number of hydrogen-bond donors (Lipinski definition) is 0. The Labute approximate surface area is 109 Å². The molecular weight excluding hydrogens is 254 g/mol. The lowest BCUT2D eigenvalue weighted by Gasteiger charge is -2.45. The molecule has 0 aliphatic carbocycles. The Hall–Kier alpha value is -1.07. The topological polar surface area (TPSA) is 47.4 Å². The average molecular weight is 268 g/mol. The molecule has 0 unspecified atom stereocenters. The zero-order valence-corrected chi connectivity index (χ0v) is 10.9. The molecule has 96 valence electrons. The number of morpholine rings is 1. The number of anilines is 1. The second-order valence-corrected chi connectivity index (χ2v) is 5.87. The van der Waals surface area contributed by atoms with Crippen molar-refractivity contribution < 1.29 is 4.74 Å². The molecule has 2 fully saturated rings. The predicted octanol–water partition coefficient (Wildman–Crippen LogP) is 0.957. The summed E-state index contributed by atoms with van der Waals surface area (Å²) < 4.78 is 7.51. The maximum Gasteiger partial charge on any atom is 0.350 e. The van der Waals surface area contributed by atoms with Crippen LogP contribution in [0.2, 0.25) is 5.15 Å². The number of fused-ring (bicyclic) bond motifs is 3. The Bertz CT molecular complexity index is 600. The minimum atomic E-state index is -0.237. The SMILES string of the molecule is Cc1c(Cl)nc(=O)n2c1N1C[C@@H]3C[C@@]1(CC2)CO3. The first-order valence-electron chi connectivity index (χ1n) is 6.27. The van der Waals surface area contributed by atoms with Crippen LogP contribution in [0, 0.1) is 6.92 Å².